The highest BCUT2D eigenvalue weighted by atomic mass is 16.7. The average molecular weight is 905 g/mol. The van der Waals surface area contributed by atoms with Gasteiger partial charge in [-0.15, -0.1) is 0 Å². The van der Waals surface area contributed by atoms with E-state index in [0.717, 1.165) is 0 Å². The van der Waals surface area contributed by atoms with Gasteiger partial charge in [-0.1, -0.05) is 55.0 Å². The standard InChI is InChI=1S/C47H52O18/c48-22-36-40(56)42(58)44(60)46(64-36)62-32-18-28(26-8-4-6-24(12-26)14-38(52)53)16-30(20-32)34(50)10-2-1-3-11-35(51)31-17-29(27-9-5-7-25(13-27)15-39(54)55)19-33(21-31)63-47-45(61)43(59)41(57)37(23-49)65-47/h4-9,12-13,16-21,36-37,40-49,56-61H,1-3,10-11,14-15,22-23H2,(H,52,53)(H,54,55)/t36-,37+,40-,41+,42+,43-,44+,45-,46+,47-. The fourth-order valence-corrected chi connectivity index (χ4v) is 7.69. The van der Waals surface area contributed by atoms with E-state index in [4.69, 9.17) is 18.9 Å². The Morgan fingerprint density at radius 2 is 0.877 bits per heavy atom. The van der Waals surface area contributed by atoms with Crippen molar-refractivity contribution in [1.82, 2.24) is 0 Å². The minimum atomic E-state index is -1.73. The molecule has 2 saturated heterocycles. The number of ether oxygens (including phenoxy) is 4. The minimum absolute atomic E-state index is 0.0371. The Balaban J connectivity index is 1.16. The summed E-state index contributed by atoms with van der Waals surface area (Å²) >= 11 is 0. The van der Waals surface area contributed by atoms with E-state index >= 15 is 0 Å². The van der Waals surface area contributed by atoms with Crippen molar-refractivity contribution in [3.8, 4) is 33.8 Å². The van der Waals surface area contributed by atoms with Crippen LogP contribution in [-0.2, 0) is 31.9 Å². The van der Waals surface area contributed by atoms with Crippen LogP contribution in [0.3, 0.4) is 0 Å². The molecule has 10 atom stereocenters. The van der Waals surface area contributed by atoms with Crippen molar-refractivity contribution in [3.05, 3.63) is 107 Å². The Labute approximate surface area is 372 Å². The molecule has 0 radical (unpaired) electrons. The van der Waals surface area contributed by atoms with Gasteiger partial charge in [-0.2, -0.15) is 0 Å². The number of hydrogen-bond donors (Lipinski definition) is 10. The second kappa shape index (κ2) is 22.0. The highest BCUT2D eigenvalue weighted by Crippen LogP contribution is 2.33. The number of carbonyl (C=O) groups excluding carboxylic acids is 2. The highest BCUT2D eigenvalue weighted by molar-refractivity contribution is 5.98. The molecule has 65 heavy (non-hydrogen) atoms. The molecule has 2 heterocycles. The first-order valence-electron chi connectivity index (χ1n) is 21.0. The van der Waals surface area contributed by atoms with Crippen LogP contribution >= 0.6 is 0 Å². The number of aliphatic hydroxyl groups is 8. The average Bonchev–Trinajstić information content (AvgIpc) is 3.28. The van der Waals surface area contributed by atoms with E-state index in [1.165, 1.54) is 24.3 Å². The molecule has 10 N–H and O–H groups in total. The van der Waals surface area contributed by atoms with Crippen molar-refractivity contribution in [2.24, 2.45) is 0 Å². The lowest BCUT2D eigenvalue weighted by Crippen LogP contribution is -2.60. The molecule has 0 spiro atoms. The van der Waals surface area contributed by atoms with Crippen LogP contribution in [0.1, 0.15) is 63.9 Å². The molecule has 0 saturated carbocycles. The third-order valence-electron chi connectivity index (χ3n) is 11.2. The van der Waals surface area contributed by atoms with Crippen molar-refractivity contribution >= 4 is 23.5 Å². The number of aliphatic carboxylic acids is 2. The number of Topliss-reactive ketones (excluding diaryl/α,β-unsaturated/α-hetero) is 2. The van der Waals surface area contributed by atoms with Crippen LogP contribution in [0.25, 0.3) is 22.3 Å². The summed E-state index contributed by atoms with van der Waals surface area (Å²) < 4.78 is 22.8. The lowest BCUT2D eigenvalue weighted by molar-refractivity contribution is -0.277. The predicted octanol–water partition coefficient (Wildman–Crippen LogP) is 1.65. The molecule has 0 bridgehead atoms. The van der Waals surface area contributed by atoms with Crippen molar-refractivity contribution in [2.75, 3.05) is 13.2 Å². The molecule has 2 aliphatic heterocycles. The molecule has 4 aromatic rings. The van der Waals surface area contributed by atoms with E-state index in [0.29, 0.717) is 52.6 Å². The molecular formula is C47H52O18. The third-order valence-corrected chi connectivity index (χ3v) is 11.2. The Hall–Kier alpha value is -5.64. The number of carbonyl (C=O) groups is 4. The van der Waals surface area contributed by atoms with Crippen molar-refractivity contribution in [3.63, 3.8) is 0 Å². The van der Waals surface area contributed by atoms with E-state index in [1.807, 2.05) is 0 Å². The summed E-state index contributed by atoms with van der Waals surface area (Å²) in [7, 11) is 0. The number of hydrogen-bond acceptors (Lipinski definition) is 16. The molecule has 0 aromatic heterocycles. The summed E-state index contributed by atoms with van der Waals surface area (Å²) in [6.45, 7) is -1.37. The minimum Gasteiger partial charge on any atom is -0.481 e. The van der Waals surface area contributed by atoms with Crippen LogP contribution in [0.5, 0.6) is 11.5 Å². The Bertz CT molecular complexity index is 2150. The zero-order valence-corrected chi connectivity index (χ0v) is 35.0. The summed E-state index contributed by atoms with van der Waals surface area (Å²) in [6, 6.07) is 22.4. The van der Waals surface area contributed by atoms with E-state index in [-0.39, 0.29) is 59.9 Å². The Morgan fingerprint density at radius 3 is 1.25 bits per heavy atom. The second-order valence-corrected chi connectivity index (χ2v) is 16.1. The first-order valence-corrected chi connectivity index (χ1v) is 21.0. The van der Waals surface area contributed by atoms with Gasteiger partial charge in [0.1, 0.15) is 60.3 Å². The Morgan fingerprint density at radius 1 is 0.477 bits per heavy atom. The smallest absolute Gasteiger partial charge is 0.307 e. The fraction of sp³-hybridized carbons (Fsp3) is 0.404. The number of aliphatic hydroxyl groups excluding tert-OH is 8. The summed E-state index contributed by atoms with van der Waals surface area (Å²) in [5.41, 5.74) is 3.39. The normalized spacial score (nSPS) is 25.4. The number of rotatable bonds is 20. The van der Waals surface area contributed by atoms with Crippen molar-refractivity contribution in [2.45, 2.75) is 106 Å². The molecule has 2 aliphatic rings. The molecule has 18 heteroatoms. The van der Waals surface area contributed by atoms with Gasteiger partial charge in [0, 0.05) is 24.0 Å². The molecule has 18 nitrogen and oxygen atoms in total. The molecule has 2 fully saturated rings. The van der Waals surface area contributed by atoms with E-state index in [9.17, 15) is 70.2 Å². The van der Waals surface area contributed by atoms with Crippen molar-refractivity contribution < 1.29 is 89.2 Å². The van der Waals surface area contributed by atoms with Gasteiger partial charge < -0.3 is 70.0 Å². The summed E-state index contributed by atoms with van der Waals surface area (Å²) in [5.74, 6) is -2.64. The van der Waals surface area contributed by atoms with Gasteiger partial charge in [0.05, 0.1) is 26.1 Å². The first kappa shape index (κ1) is 48.8. The number of carboxylic acids is 2. The van der Waals surface area contributed by atoms with Crippen LogP contribution in [0.2, 0.25) is 0 Å². The largest absolute Gasteiger partial charge is 0.481 e. The summed E-state index contributed by atoms with van der Waals surface area (Å²) in [6.07, 6.45) is -15.0. The van der Waals surface area contributed by atoms with Crippen LogP contribution in [0.4, 0.5) is 0 Å². The van der Waals surface area contributed by atoms with Crippen LogP contribution in [0.15, 0.2) is 84.9 Å². The second-order valence-electron chi connectivity index (χ2n) is 16.1. The first-order chi connectivity index (χ1) is 31.0. The van der Waals surface area contributed by atoms with Gasteiger partial charge in [-0.3, -0.25) is 19.2 Å². The lowest BCUT2D eigenvalue weighted by atomic mass is 9.95. The molecular weight excluding hydrogens is 852 g/mol. The number of unbranched alkanes of at least 4 members (excludes halogenated alkanes) is 2. The van der Waals surface area contributed by atoms with Gasteiger partial charge in [-0.25, -0.2) is 0 Å². The quantitative estimate of drug-likeness (QED) is 0.0445. The topological polar surface area (TPSA) is 307 Å². The van der Waals surface area contributed by atoms with E-state index < -0.39 is 86.6 Å². The van der Waals surface area contributed by atoms with E-state index in [2.05, 4.69) is 0 Å². The van der Waals surface area contributed by atoms with Gasteiger partial charge in [0.15, 0.2) is 11.6 Å². The molecule has 6 rings (SSSR count). The zero-order chi connectivity index (χ0) is 46.9. The maximum Gasteiger partial charge on any atom is 0.307 e. The van der Waals surface area contributed by atoms with Gasteiger partial charge >= 0.3 is 11.9 Å². The maximum atomic E-state index is 13.7. The van der Waals surface area contributed by atoms with Gasteiger partial charge in [0.25, 0.3) is 0 Å². The van der Waals surface area contributed by atoms with Crippen LogP contribution in [0, 0.1) is 0 Å². The monoisotopic (exact) mass is 904 g/mol. The fourth-order valence-electron chi connectivity index (χ4n) is 7.69. The van der Waals surface area contributed by atoms with Crippen LogP contribution < -0.4 is 9.47 Å². The zero-order valence-electron chi connectivity index (χ0n) is 35.0. The Kier molecular flexibility index (Phi) is 16.5. The maximum absolute atomic E-state index is 13.7. The third kappa shape index (κ3) is 12.4. The predicted molar refractivity (Wildman–Crippen MR) is 227 cm³/mol. The number of benzene rings is 4. The molecule has 0 aliphatic carbocycles. The van der Waals surface area contributed by atoms with Crippen LogP contribution in [-0.4, -0.2) is 149 Å². The number of ketones is 2. The van der Waals surface area contributed by atoms with Gasteiger partial charge in [0.2, 0.25) is 12.6 Å². The molecule has 0 unspecified atom stereocenters. The molecule has 4 aromatic carbocycles. The van der Waals surface area contributed by atoms with Crippen molar-refractivity contribution in [1.29, 1.82) is 0 Å². The SMILES string of the molecule is O=C(O)Cc1cccc(-c2cc(O[C@H]3O[C@H](CO)[C@@H](O)[C@H](O)[C@@H]3O)cc(C(=O)CCCCCC(=O)c3cc(O[C@@H]4O[C@@H](CO)[C@H](O)[C@@H](O)[C@H]4O)cc(-c4cccc(CC(=O)O)c4)c3)c2)c1. The molecule has 348 valence electrons. The van der Waals surface area contributed by atoms with Gasteiger partial charge in [-0.05, 0) is 82.6 Å². The lowest BCUT2D eigenvalue weighted by Gasteiger charge is -2.39. The van der Waals surface area contributed by atoms with E-state index in [1.54, 1.807) is 60.7 Å². The summed E-state index contributed by atoms with van der Waals surface area (Å²) in [5, 5.41) is 100. The highest BCUT2D eigenvalue weighted by Gasteiger charge is 2.46. The molecule has 0 amide bonds. The summed E-state index contributed by atoms with van der Waals surface area (Å²) in [4.78, 5) is 50.3. The number of carboxylic acid groups (broad SMARTS) is 2.